The largest absolute Gasteiger partial charge is 0.314 e. The van der Waals surface area contributed by atoms with Gasteiger partial charge in [-0.05, 0) is 54.9 Å². The summed E-state index contributed by atoms with van der Waals surface area (Å²) < 4.78 is 1.93. The first-order valence-corrected chi connectivity index (χ1v) is 8.28. The topological polar surface area (TPSA) is 29.9 Å². The molecular weight excluding hydrogens is 246 g/mol. The van der Waals surface area contributed by atoms with E-state index in [9.17, 15) is 0 Å². The highest BCUT2D eigenvalue weighted by atomic mass is 15.2. The van der Waals surface area contributed by atoms with Crippen LogP contribution in [0.4, 0.5) is 0 Å². The second-order valence-corrected chi connectivity index (χ2v) is 7.50. The molecule has 2 aliphatic carbocycles. The van der Waals surface area contributed by atoms with E-state index in [1.54, 1.807) is 0 Å². The minimum atomic E-state index is 0.559. The molecule has 3 heteroatoms. The molecule has 0 radical (unpaired) electrons. The van der Waals surface area contributed by atoms with Gasteiger partial charge in [0.1, 0.15) is 0 Å². The summed E-state index contributed by atoms with van der Waals surface area (Å²) >= 11 is 0. The molecule has 0 amide bonds. The van der Waals surface area contributed by atoms with E-state index in [2.05, 4.69) is 30.5 Å². The Labute approximate surface area is 123 Å². The Kier molecular flexibility index (Phi) is 3.89. The molecule has 2 aliphatic rings. The second-order valence-electron chi connectivity index (χ2n) is 7.50. The van der Waals surface area contributed by atoms with Crippen LogP contribution in [0.25, 0.3) is 0 Å². The molecule has 3 unspecified atom stereocenters. The lowest BCUT2D eigenvalue weighted by molar-refractivity contribution is 0.139. The molecular formula is C17H29N3. The van der Waals surface area contributed by atoms with Crippen LogP contribution < -0.4 is 5.32 Å². The Morgan fingerprint density at radius 3 is 2.85 bits per heavy atom. The van der Waals surface area contributed by atoms with Gasteiger partial charge in [-0.15, -0.1) is 0 Å². The van der Waals surface area contributed by atoms with Gasteiger partial charge in [0.2, 0.25) is 0 Å². The molecule has 1 aromatic heterocycles. The summed E-state index contributed by atoms with van der Waals surface area (Å²) in [5, 5.41) is 8.04. The van der Waals surface area contributed by atoms with Crippen LogP contribution in [0.15, 0.2) is 12.4 Å². The number of fused-ring (bicyclic) bond motifs is 2. The van der Waals surface area contributed by atoms with Crippen LogP contribution in [0.2, 0.25) is 0 Å². The summed E-state index contributed by atoms with van der Waals surface area (Å²) in [6, 6.07) is 0.601. The van der Waals surface area contributed by atoms with Crippen molar-refractivity contribution in [2.75, 3.05) is 6.54 Å². The molecule has 3 rings (SSSR count). The lowest BCUT2D eigenvalue weighted by Crippen LogP contribution is -2.41. The lowest BCUT2D eigenvalue weighted by Gasteiger charge is -2.39. The number of nitrogens with zero attached hydrogens (tertiary/aromatic N) is 2. The van der Waals surface area contributed by atoms with E-state index >= 15 is 0 Å². The molecule has 0 aliphatic heterocycles. The van der Waals surface area contributed by atoms with Crippen molar-refractivity contribution in [1.29, 1.82) is 0 Å². The van der Waals surface area contributed by atoms with Crippen LogP contribution >= 0.6 is 0 Å². The zero-order valence-electron chi connectivity index (χ0n) is 13.2. The maximum absolute atomic E-state index is 4.31. The fourth-order valence-electron chi connectivity index (χ4n) is 4.57. The molecule has 2 fully saturated rings. The van der Waals surface area contributed by atoms with E-state index in [0.29, 0.717) is 11.5 Å². The minimum Gasteiger partial charge on any atom is -0.314 e. The van der Waals surface area contributed by atoms with E-state index in [0.717, 1.165) is 11.8 Å². The van der Waals surface area contributed by atoms with Crippen LogP contribution in [0.5, 0.6) is 0 Å². The maximum atomic E-state index is 4.31. The summed E-state index contributed by atoms with van der Waals surface area (Å²) in [5.74, 6) is 1.98. The van der Waals surface area contributed by atoms with Crippen molar-refractivity contribution in [1.82, 2.24) is 15.1 Å². The van der Waals surface area contributed by atoms with Gasteiger partial charge in [0.15, 0.2) is 0 Å². The summed E-state index contributed by atoms with van der Waals surface area (Å²) in [6.07, 6.45) is 12.6. The second kappa shape index (κ2) is 5.51. The highest BCUT2D eigenvalue weighted by Gasteiger charge is 2.49. The molecule has 1 N–H and O–H groups in total. The highest BCUT2D eigenvalue weighted by Crippen LogP contribution is 2.57. The van der Waals surface area contributed by atoms with Gasteiger partial charge in [0.05, 0.1) is 6.20 Å². The summed E-state index contributed by atoms with van der Waals surface area (Å²) in [5.41, 5.74) is 1.96. The van der Waals surface area contributed by atoms with E-state index in [1.165, 1.54) is 50.6 Å². The molecule has 20 heavy (non-hydrogen) atoms. The Balaban J connectivity index is 1.66. The minimum absolute atomic E-state index is 0.559. The average molecular weight is 275 g/mol. The van der Waals surface area contributed by atoms with Gasteiger partial charge in [0, 0.05) is 25.8 Å². The Bertz CT molecular complexity index is 451. The molecule has 1 heterocycles. The average Bonchev–Trinajstić information content (AvgIpc) is 3.10. The zero-order valence-corrected chi connectivity index (χ0v) is 13.2. The Hall–Kier alpha value is -0.830. The third kappa shape index (κ3) is 2.78. The number of aromatic nitrogens is 2. The third-order valence-corrected chi connectivity index (χ3v) is 5.63. The first-order chi connectivity index (χ1) is 9.57. The predicted octanol–water partition coefficient (Wildman–Crippen LogP) is 3.16. The molecule has 112 valence electrons. The molecule has 0 saturated heterocycles. The van der Waals surface area contributed by atoms with Crippen LogP contribution in [0.1, 0.15) is 51.5 Å². The van der Waals surface area contributed by atoms with Crippen LogP contribution in [-0.2, 0) is 13.5 Å². The molecule has 1 aromatic rings. The zero-order chi connectivity index (χ0) is 14.2. The third-order valence-electron chi connectivity index (χ3n) is 5.63. The number of aryl methyl sites for hydroxylation is 2. The monoisotopic (exact) mass is 275 g/mol. The van der Waals surface area contributed by atoms with E-state index < -0.39 is 0 Å². The normalized spacial score (nSPS) is 32.4. The van der Waals surface area contributed by atoms with Crippen molar-refractivity contribution in [3.05, 3.63) is 18.0 Å². The van der Waals surface area contributed by atoms with Gasteiger partial charge in [-0.3, -0.25) is 4.68 Å². The Morgan fingerprint density at radius 1 is 1.45 bits per heavy atom. The van der Waals surface area contributed by atoms with Crippen molar-refractivity contribution in [3.8, 4) is 0 Å². The van der Waals surface area contributed by atoms with Gasteiger partial charge < -0.3 is 5.32 Å². The van der Waals surface area contributed by atoms with Gasteiger partial charge in [-0.2, -0.15) is 5.10 Å². The van der Waals surface area contributed by atoms with Gasteiger partial charge in [-0.25, -0.2) is 0 Å². The molecule has 0 spiro atoms. The van der Waals surface area contributed by atoms with E-state index in [1.807, 2.05) is 17.9 Å². The Morgan fingerprint density at radius 2 is 2.30 bits per heavy atom. The van der Waals surface area contributed by atoms with Crippen LogP contribution in [-0.4, -0.2) is 22.4 Å². The fourth-order valence-corrected chi connectivity index (χ4v) is 4.57. The molecule has 0 aromatic carbocycles. The fraction of sp³-hybridized carbons (Fsp3) is 0.824. The van der Waals surface area contributed by atoms with E-state index in [4.69, 9.17) is 0 Å². The molecule has 3 atom stereocenters. The lowest BCUT2D eigenvalue weighted by atomic mass is 9.69. The highest BCUT2D eigenvalue weighted by molar-refractivity contribution is 5.08. The number of nitrogens with one attached hydrogen (secondary N) is 1. The van der Waals surface area contributed by atoms with Gasteiger partial charge >= 0.3 is 0 Å². The smallest absolute Gasteiger partial charge is 0.0521 e. The molecule has 3 nitrogen and oxygen atoms in total. The summed E-state index contributed by atoms with van der Waals surface area (Å²) in [7, 11) is 2.01. The van der Waals surface area contributed by atoms with Crippen molar-refractivity contribution in [3.63, 3.8) is 0 Å². The SMILES string of the molecule is CC(C)NCC1(CCc2cnn(C)c2)CC2CCC1C2. The maximum Gasteiger partial charge on any atom is 0.0521 e. The number of rotatable bonds is 6. The van der Waals surface area contributed by atoms with Crippen LogP contribution in [0.3, 0.4) is 0 Å². The predicted molar refractivity (Wildman–Crippen MR) is 82.5 cm³/mol. The molecule has 2 saturated carbocycles. The van der Waals surface area contributed by atoms with Crippen molar-refractivity contribution in [2.45, 2.75) is 58.4 Å². The quantitative estimate of drug-likeness (QED) is 0.864. The standard InChI is InChI=1S/C17H29N3/c1-13(2)18-12-17(9-14-4-5-16(17)8-14)7-6-15-10-19-20(3)11-15/h10-11,13-14,16,18H,4-9,12H2,1-3H3. The van der Waals surface area contributed by atoms with E-state index in [-0.39, 0.29) is 0 Å². The van der Waals surface area contributed by atoms with Crippen molar-refractivity contribution < 1.29 is 0 Å². The number of hydrogen-bond donors (Lipinski definition) is 1. The molecule has 2 bridgehead atoms. The summed E-state index contributed by atoms with van der Waals surface area (Å²) in [4.78, 5) is 0. The number of hydrogen-bond acceptors (Lipinski definition) is 2. The van der Waals surface area contributed by atoms with Gasteiger partial charge in [0.25, 0.3) is 0 Å². The van der Waals surface area contributed by atoms with Gasteiger partial charge in [-0.1, -0.05) is 20.3 Å². The van der Waals surface area contributed by atoms with Crippen molar-refractivity contribution in [2.24, 2.45) is 24.3 Å². The summed E-state index contributed by atoms with van der Waals surface area (Å²) in [6.45, 7) is 5.75. The first kappa shape index (κ1) is 14.1. The van der Waals surface area contributed by atoms with Crippen molar-refractivity contribution >= 4 is 0 Å². The van der Waals surface area contributed by atoms with Crippen LogP contribution in [0, 0.1) is 17.3 Å². The first-order valence-electron chi connectivity index (χ1n) is 8.28.